The molecule has 1 amide bonds. The quantitative estimate of drug-likeness (QED) is 0.769. The normalized spacial score (nSPS) is 23.7. The van der Waals surface area contributed by atoms with Crippen molar-refractivity contribution in [2.24, 2.45) is 5.92 Å². The highest BCUT2D eigenvalue weighted by molar-refractivity contribution is 5.97. The Morgan fingerprint density at radius 2 is 1.93 bits per heavy atom. The number of amides is 1. The van der Waals surface area contributed by atoms with Gasteiger partial charge in [0.1, 0.15) is 11.8 Å². The van der Waals surface area contributed by atoms with Gasteiger partial charge in [-0.1, -0.05) is 13.0 Å². The van der Waals surface area contributed by atoms with Gasteiger partial charge in [0.05, 0.1) is 13.2 Å². The fraction of sp³-hybridized carbons (Fsp3) is 0.381. The lowest BCUT2D eigenvalue weighted by Crippen LogP contribution is -2.33. The molecule has 6 nitrogen and oxygen atoms in total. The number of halogens is 2. The lowest BCUT2D eigenvalue weighted by atomic mass is 9.82. The molecule has 0 saturated carbocycles. The lowest BCUT2D eigenvalue weighted by Gasteiger charge is -2.23. The number of anilines is 1. The van der Waals surface area contributed by atoms with Crippen molar-refractivity contribution in [1.82, 2.24) is 4.98 Å². The second-order valence-electron chi connectivity index (χ2n) is 7.11. The summed E-state index contributed by atoms with van der Waals surface area (Å²) in [5.74, 6) is -3.77. The molecule has 154 valence electrons. The van der Waals surface area contributed by atoms with Crippen molar-refractivity contribution in [2.75, 3.05) is 12.4 Å². The van der Waals surface area contributed by atoms with E-state index in [4.69, 9.17) is 9.47 Å². The van der Waals surface area contributed by atoms with Crippen LogP contribution in [0.1, 0.15) is 42.7 Å². The summed E-state index contributed by atoms with van der Waals surface area (Å²) in [6.45, 7) is 5.07. The minimum absolute atomic E-state index is 0.158. The number of aromatic nitrogens is 1. The molecule has 2 heterocycles. The smallest absolute Gasteiger partial charge is 0.254 e. The third-order valence-electron chi connectivity index (χ3n) is 5.28. The van der Waals surface area contributed by atoms with Gasteiger partial charge in [-0.15, -0.1) is 0 Å². The van der Waals surface area contributed by atoms with E-state index in [2.05, 4.69) is 10.3 Å². The van der Waals surface area contributed by atoms with Gasteiger partial charge >= 0.3 is 0 Å². The number of methoxy groups -OCH3 is 1. The molecule has 0 aliphatic carbocycles. The van der Waals surface area contributed by atoms with Crippen LogP contribution in [0, 0.1) is 17.6 Å². The van der Waals surface area contributed by atoms with E-state index >= 15 is 0 Å². The van der Waals surface area contributed by atoms with Crippen LogP contribution in [0.4, 0.5) is 14.5 Å². The predicted octanol–water partition coefficient (Wildman–Crippen LogP) is 3.72. The number of benzene rings is 1. The molecule has 3 rings (SSSR count). The molecule has 1 aliphatic heterocycles. The molecular formula is C21H22F2N2O4. The summed E-state index contributed by atoms with van der Waals surface area (Å²) in [6, 6.07) is 5.45. The van der Waals surface area contributed by atoms with Crippen LogP contribution in [0.5, 0.6) is 5.75 Å². The van der Waals surface area contributed by atoms with E-state index in [1.165, 1.54) is 32.4 Å². The highest BCUT2D eigenvalue weighted by Gasteiger charge is 2.46. The fourth-order valence-corrected chi connectivity index (χ4v) is 3.61. The number of pyridine rings is 1. The van der Waals surface area contributed by atoms with Gasteiger partial charge in [0, 0.05) is 30.3 Å². The summed E-state index contributed by atoms with van der Waals surface area (Å²) in [4.78, 5) is 28.4. The molecule has 4 atom stereocenters. The average Bonchev–Trinajstić information content (AvgIpc) is 2.99. The molecule has 29 heavy (non-hydrogen) atoms. The Balaban J connectivity index is 1.94. The Hall–Kier alpha value is -2.87. The summed E-state index contributed by atoms with van der Waals surface area (Å²) in [6.07, 6.45) is 0.176. The standard InChI is InChI=1S/C21H22F2N2O4/c1-10-12(3)29-20(17(10)14-5-6-15(22)18(23)19(14)28-4)21(27)25-13-7-8-24-16(9-13)11(2)26/h5-10,12,17,20H,1-4H3,(H,24,25,27)/t10-,12-,17+,20-/m0/s1. The lowest BCUT2D eigenvalue weighted by molar-refractivity contribution is -0.127. The van der Waals surface area contributed by atoms with Gasteiger partial charge in [-0.25, -0.2) is 4.39 Å². The van der Waals surface area contributed by atoms with Crippen LogP contribution < -0.4 is 10.1 Å². The minimum atomic E-state index is -1.10. The zero-order valence-corrected chi connectivity index (χ0v) is 16.5. The molecule has 1 fully saturated rings. The summed E-state index contributed by atoms with van der Waals surface area (Å²) < 4.78 is 38.9. The van der Waals surface area contributed by atoms with Crippen molar-refractivity contribution in [3.05, 3.63) is 53.4 Å². The first-order chi connectivity index (χ1) is 13.7. The summed E-state index contributed by atoms with van der Waals surface area (Å²) in [5, 5.41) is 2.72. The first-order valence-corrected chi connectivity index (χ1v) is 9.19. The third-order valence-corrected chi connectivity index (χ3v) is 5.28. The Bertz CT molecular complexity index is 950. The maximum Gasteiger partial charge on any atom is 0.254 e. The Kier molecular flexibility index (Phi) is 5.93. The maximum atomic E-state index is 14.3. The zero-order valence-electron chi connectivity index (χ0n) is 16.5. The molecule has 1 saturated heterocycles. The van der Waals surface area contributed by atoms with Gasteiger partial charge in [-0.05, 0) is 31.0 Å². The third kappa shape index (κ3) is 3.98. The van der Waals surface area contributed by atoms with Crippen molar-refractivity contribution >= 4 is 17.4 Å². The van der Waals surface area contributed by atoms with Crippen LogP contribution in [-0.4, -0.2) is 36.0 Å². The number of rotatable bonds is 5. The molecule has 1 aliphatic rings. The van der Waals surface area contributed by atoms with Crippen LogP contribution in [0.25, 0.3) is 0 Å². The van der Waals surface area contributed by atoms with Crippen LogP contribution in [0.2, 0.25) is 0 Å². The average molecular weight is 404 g/mol. The van der Waals surface area contributed by atoms with Crippen molar-refractivity contribution in [1.29, 1.82) is 0 Å². The van der Waals surface area contributed by atoms with Gasteiger partial charge in [0.25, 0.3) is 5.91 Å². The first kappa shape index (κ1) is 20.9. The van der Waals surface area contributed by atoms with Gasteiger partial charge in [-0.2, -0.15) is 4.39 Å². The Morgan fingerprint density at radius 1 is 1.21 bits per heavy atom. The summed E-state index contributed by atoms with van der Waals surface area (Å²) in [5.41, 5.74) is 0.972. The number of nitrogens with one attached hydrogen (secondary N) is 1. The van der Waals surface area contributed by atoms with Crippen molar-refractivity contribution in [2.45, 2.75) is 38.9 Å². The Labute approximate surface area is 167 Å². The minimum Gasteiger partial charge on any atom is -0.493 e. The highest BCUT2D eigenvalue weighted by Crippen LogP contribution is 2.44. The van der Waals surface area contributed by atoms with Crippen LogP contribution in [0.15, 0.2) is 30.5 Å². The van der Waals surface area contributed by atoms with E-state index < -0.39 is 29.6 Å². The van der Waals surface area contributed by atoms with E-state index in [0.29, 0.717) is 11.3 Å². The van der Waals surface area contributed by atoms with Gasteiger partial charge in [0.2, 0.25) is 5.82 Å². The number of Topliss-reactive ketones (excluding diaryl/α,β-unsaturated/α-hetero) is 1. The molecule has 2 aromatic rings. The molecule has 0 bridgehead atoms. The summed E-state index contributed by atoms with van der Waals surface area (Å²) in [7, 11) is 1.25. The van der Waals surface area contributed by atoms with E-state index in [-0.39, 0.29) is 29.2 Å². The molecule has 0 spiro atoms. The predicted molar refractivity (Wildman–Crippen MR) is 102 cm³/mol. The molecule has 1 N–H and O–H groups in total. The van der Waals surface area contributed by atoms with Crippen LogP contribution in [-0.2, 0) is 9.53 Å². The van der Waals surface area contributed by atoms with Crippen LogP contribution >= 0.6 is 0 Å². The van der Waals surface area contributed by atoms with E-state index in [9.17, 15) is 18.4 Å². The fourth-order valence-electron chi connectivity index (χ4n) is 3.61. The van der Waals surface area contributed by atoms with E-state index in [1.807, 2.05) is 13.8 Å². The van der Waals surface area contributed by atoms with Gasteiger partial charge < -0.3 is 14.8 Å². The van der Waals surface area contributed by atoms with Gasteiger partial charge in [-0.3, -0.25) is 14.6 Å². The zero-order chi connectivity index (χ0) is 21.3. The second kappa shape index (κ2) is 8.24. The van der Waals surface area contributed by atoms with E-state index in [0.717, 1.165) is 6.07 Å². The number of carbonyl (C=O) groups is 2. The molecule has 1 aromatic heterocycles. The maximum absolute atomic E-state index is 14.3. The monoisotopic (exact) mass is 404 g/mol. The number of nitrogens with zero attached hydrogens (tertiary/aromatic N) is 1. The van der Waals surface area contributed by atoms with Crippen LogP contribution in [0.3, 0.4) is 0 Å². The summed E-state index contributed by atoms with van der Waals surface area (Å²) >= 11 is 0. The second-order valence-corrected chi connectivity index (χ2v) is 7.11. The SMILES string of the molecule is COc1c([C@H]2[C@@H](C)[C@H](C)O[C@@H]2C(=O)Nc2ccnc(C(C)=O)c2)ccc(F)c1F. The van der Waals surface area contributed by atoms with E-state index in [1.54, 1.807) is 6.07 Å². The first-order valence-electron chi connectivity index (χ1n) is 9.19. The number of hydrogen-bond acceptors (Lipinski definition) is 5. The van der Waals surface area contributed by atoms with Crippen molar-refractivity contribution in [3.63, 3.8) is 0 Å². The number of ketones is 1. The van der Waals surface area contributed by atoms with Crippen molar-refractivity contribution < 1.29 is 27.8 Å². The van der Waals surface area contributed by atoms with Gasteiger partial charge in [0.15, 0.2) is 17.3 Å². The topological polar surface area (TPSA) is 77.5 Å². The number of ether oxygens (including phenoxy) is 2. The van der Waals surface area contributed by atoms with Crippen molar-refractivity contribution in [3.8, 4) is 5.75 Å². The number of hydrogen-bond donors (Lipinski definition) is 1. The molecule has 0 unspecified atom stereocenters. The number of carbonyl (C=O) groups excluding carboxylic acids is 2. The molecule has 1 aromatic carbocycles. The largest absolute Gasteiger partial charge is 0.493 e. The molecular weight excluding hydrogens is 382 g/mol. The molecule has 8 heteroatoms. The molecule has 0 radical (unpaired) electrons. The Morgan fingerprint density at radius 3 is 2.59 bits per heavy atom. The highest BCUT2D eigenvalue weighted by atomic mass is 19.2.